The van der Waals surface area contributed by atoms with Crippen molar-refractivity contribution in [1.82, 2.24) is 9.97 Å². The SMILES string of the molecule is CC(C)Oc1cc(C(=N)c2cc(N3CCOC(C)C3)ncn2)c(N)cc1F. The second-order valence-corrected chi connectivity index (χ2v) is 6.80. The van der Waals surface area contributed by atoms with Crippen LogP contribution in [0.1, 0.15) is 32.0 Å². The molecule has 144 valence electrons. The van der Waals surface area contributed by atoms with E-state index in [1.165, 1.54) is 18.5 Å². The summed E-state index contributed by atoms with van der Waals surface area (Å²) in [6.45, 7) is 7.68. The maximum absolute atomic E-state index is 14.1. The van der Waals surface area contributed by atoms with Gasteiger partial charge in [-0.25, -0.2) is 14.4 Å². The van der Waals surface area contributed by atoms with Crippen molar-refractivity contribution in [3.63, 3.8) is 0 Å². The standard InChI is InChI=1S/C19H24FN5O2/c1-11(2)27-17-6-13(15(21)7-14(17)20)19(22)16-8-18(24-10-23-16)25-4-5-26-12(3)9-25/h6-8,10-12,22H,4-5,9,21H2,1-3H3. The van der Waals surface area contributed by atoms with Gasteiger partial charge in [-0.1, -0.05) is 0 Å². The van der Waals surface area contributed by atoms with Crippen molar-refractivity contribution < 1.29 is 13.9 Å². The van der Waals surface area contributed by atoms with Gasteiger partial charge in [0.25, 0.3) is 0 Å². The van der Waals surface area contributed by atoms with Gasteiger partial charge < -0.3 is 20.1 Å². The molecule has 1 unspecified atom stereocenters. The number of hydrogen-bond acceptors (Lipinski definition) is 7. The van der Waals surface area contributed by atoms with Crippen LogP contribution < -0.4 is 15.4 Å². The Morgan fingerprint density at radius 3 is 2.85 bits per heavy atom. The van der Waals surface area contributed by atoms with Gasteiger partial charge in [0.2, 0.25) is 0 Å². The smallest absolute Gasteiger partial charge is 0.167 e. The molecule has 3 rings (SSSR count). The number of nitrogen functional groups attached to an aromatic ring is 1. The van der Waals surface area contributed by atoms with Gasteiger partial charge in [0.05, 0.1) is 30.2 Å². The molecule has 0 spiro atoms. The molecule has 27 heavy (non-hydrogen) atoms. The fourth-order valence-electron chi connectivity index (χ4n) is 2.95. The first-order valence-electron chi connectivity index (χ1n) is 8.88. The molecule has 1 aromatic heterocycles. The molecule has 2 heterocycles. The quantitative estimate of drug-likeness (QED) is 0.618. The summed E-state index contributed by atoms with van der Waals surface area (Å²) in [4.78, 5) is 10.6. The topological polar surface area (TPSA) is 97.3 Å². The fraction of sp³-hybridized carbons (Fsp3) is 0.421. The third-order valence-corrected chi connectivity index (χ3v) is 4.21. The summed E-state index contributed by atoms with van der Waals surface area (Å²) in [5.41, 5.74) is 6.98. The molecule has 0 bridgehead atoms. The molecule has 0 amide bonds. The van der Waals surface area contributed by atoms with Crippen LogP contribution in [0.15, 0.2) is 24.5 Å². The largest absolute Gasteiger partial charge is 0.488 e. The van der Waals surface area contributed by atoms with Crippen molar-refractivity contribution in [2.75, 3.05) is 30.3 Å². The summed E-state index contributed by atoms with van der Waals surface area (Å²) in [5.74, 6) is 0.234. The number of nitrogens with one attached hydrogen (secondary N) is 1. The van der Waals surface area contributed by atoms with Gasteiger partial charge in [-0.05, 0) is 26.8 Å². The highest BCUT2D eigenvalue weighted by atomic mass is 19.1. The van der Waals surface area contributed by atoms with E-state index in [2.05, 4.69) is 14.9 Å². The van der Waals surface area contributed by atoms with Gasteiger partial charge in [-0.3, -0.25) is 5.41 Å². The minimum Gasteiger partial charge on any atom is -0.488 e. The van der Waals surface area contributed by atoms with Crippen molar-refractivity contribution in [1.29, 1.82) is 5.41 Å². The van der Waals surface area contributed by atoms with E-state index in [4.69, 9.17) is 20.6 Å². The number of nitrogens with zero attached hydrogens (tertiary/aromatic N) is 3. The van der Waals surface area contributed by atoms with E-state index >= 15 is 0 Å². The second kappa shape index (κ2) is 7.87. The van der Waals surface area contributed by atoms with Gasteiger partial charge in [-0.15, -0.1) is 0 Å². The summed E-state index contributed by atoms with van der Waals surface area (Å²) < 4.78 is 25.1. The molecule has 0 aliphatic carbocycles. The van der Waals surface area contributed by atoms with Crippen LogP contribution >= 0.6 is 0 Å². The van der Waals surface area contributed by atoms with E-state index in [-0.39, 0.29) is 29.4 Å². The third kappa shape index (κ3) is 4.33. The van der Waals surface area contributed by atoms with Crippen LogP contribution in [0.5, 0.6) is 5.75 Å². The van der Waals surface area contributed by atoms with E-state index in [0.717, 1.165) is 18.9 Å². The van der Waals surface area contributed by atoms with Crippen LogP contribution in [0.3, 0.4) is 0 Å². The molecule has 8 heteroatoms. The zero-order valence-corrected chi connectivity index (χ0v) is 15.7. The van der Waals surface area contributed by atoms with Gasteiger partial charge in [0.1, 0.15) is 12.1 Å². The van der Waals surface area contributed by atoms with E-state index in [1.54, 1.807) is 19.9 Å². The third-order valence-electron chi connectivity index (χ3n) is 4.21. The number of aromatic nitrogens is 2. The Kier molecular flexibility index (Phi) is 5.55. The normalized spacial score (nSPS) is 17.2. The molecule has 1 saturated heterocycles. The number of ether oxygens (including phenoxy) is 2. The maximum Gasteiger partial charge on any atom is 0.167 e. The first-order valence-corrected chi connectivity index (χ1v) is 8.88. The van der Waals surface area contributed by atoms with Crippen LogP contribution in [0.2, 0.25) is 0 Å². The zero-order chi connectivity index (χ0) is 19.6. The Morgan fingerprint density at radius 1 is 1.37 bits per heavy atom. The van der Waals surface area contributed by atoms with Crippen LogP contribution in [0, 0.1) is 11.2 Å². The first kappa shape index (κ1) is 19.0. The van der Waals surface area contributed by atoms with E-state index < -0.39 is 5.82 Å². The van der Waals surface area contributed by atoms with E-state index in [1.807, 2.05) is 6.92 Å². The highest BCUT2D eigenvalue weighted by Crippen LogP contribution is 2.27. The van der Waals surface area contributed by atoms with Crippen molar-refractivity contribution in [3.05, 3.63) is 41.6 Å². The Bertz CT molecular complexity index is 843. The molecule has 7 nitrogen and oxygen atoms in total. The molecule has 0 radical (unpaired) electrons. The number of hydrogen-bond donors (Lipinski definition) is 2. The van der Waals surface area contributed by atoms with Crippen molar-refractivity contribution in [2.45, 2.75) is 33.0 Å². The van der Waals surface area contributed by atoms with Crippen LogP contribution in [-0.4, -0.2) is 47.6 Å². The molecule has 1 atom stereocenters. The molecule has 1 fully saturated rings. The van der Waals surface area contributed by atoms with Crippen molar-refractivity contribution in [3.8, 4) is 5.75 Å². The summed E-state index contributed by atoms with van der Waals surface area (Å²) >= 11 is 0. The molecular weight excluding hydrogens is 349 g/mol. The summed E-state index contributed by atoms with van der Waals surface area (Å²) in [7, 11) is 0. The van der Waals surface area contributed by atoms with E-state index in [9.17, 15) is 4.39 Å². The number of benzene rings is 1. The average Bonchev–Trinajstić information content (AvgIpc) is 2.63. The Hall–Kier alpha value is -2.74. The molecule has 1 aliphatic rings. The maximum atomic E-state index is 14.1. The Balaban J connectivity index is 1.91. The number of halogens is 1. The molecule has 1 aromatic carbocycles. The summed E-state index contributed by atoms with van der Waals surface area (Å²) in [5, 5.41) is 8.52. The molecular formula is C19H24FN5O2. The minimum atomic E-state index is -0.552. The van der Waals surface area contributed by atoms with Gasteiger partial charge in [-0.2, -0.15) is 0 Å². The van der Waals surface area contributed by atoms with Gasteiger partial charge in [0.15, 0.2) is 11.6 Å². The highest BCUT2D eigenvalue weighted by Gasteiger charge is 2.20. The van der Waals surface area contributed by atoms with Gasteiger partial charge in [0, 0.05) is 36.5 Å². The molecule has 3 N–H and O–H groups in total. The van der Waals surface area contributed by atoms with Crippen LogP contribution in [0.25, 0.3) is 0 Å². The number of morpholine rings is 1. The lowest BCUT2D eigenvalue weighted by Crippen LogP contribution is -2.41. The Labute approximate surface area is 157 Å². The first-order chi connectivity index (χ1) is 12.8. The average molecular weight is 373 g/mol. The number of rotatable bonds is 5. The second-order valence-electron chi connectivity index (χ2n) is 6.80. The lowest BCUT2D eigenvalue weighted by molar-refractivity contribution is 0.0529. The predicted octanol–water partition coefficient (Wildman–Crippen LogP) is 2.63. The lowest BCUT2D eigenvalue weighted by Gasteiger charge is -2.32. The lowest BCUT2D eigenvalue weighted by atomic mass is 10.0. The van der Waals surface area contributed by atoms with Crippen LogP contribution in [-0.2, 0) is 4.74 Å². The minimum absolute atomic E-state index is 0.0650. The van der Waals surface area contributed by atoms with Crippen molar-refractivity contribution >= 4 is 17.2 Å². The van der Waals surface area contributed by atoms with Crippen LogP contribution in [0.4, 0.5) is 15.9 Å². The molecule has 0 saturated carbocycles. The zero-order valence-electron chi connectivity index (χ0n) is 15.7. The number of anilines is 2. The summed E-state index contributed by atoms with van der Waals surface area (Å²) in [6.07, 6.45) is 1.34. The molecule has 2 aromatic rings. The van der Waals surface area contributed by atoms with E-state index in [0.29, 0.717) is 17.9 Å². The number of nitrogens with two attached hydrogens (primary N) is 1. The van der Waals surface area contributed by atoms with Gasteiger partial charge >= 0.3 is 0 Å². The highest BCUT2D eigenvalue weighted by molar-refractivity contribution is 6.13. The fourth-order valence-corrected chi connectivity index (χ4v) is 2.95. The molecule has 1 aliphatic heterocycles. The van der Waals surface area contributed by atoms with Crippen molar-refractivity contribution in [2.24, 2.45) is 0 Å². The summed E-state index contributed by atoms with van der Waals surface area (Å²) in [6, 6.07) is 4.37. The Morgan fingerprint density at radius 2 is 2.15 bits per heavy atom. The predicted molar refractivity (Wildman–Crippen MR) is 102 cm³/mol. The monoisotopic (exact) mass is 373 g/mol.